The molecule has 166 valence electrons. The number of anilines is 1. The number of hydrogen-bond donors (Lipinski definition) is 2. The van der Waals surface area contributed by atoms with Crippen molar-refractivity contribution in [1.29, 1.82) is 0 Å². The average Bonchev–Trinajstić information content (AvgIpc) is 3.40. The second-order valence-electron chi connectivity index (χ2n) is 8.05. The van der Waals surface area contributed by atoms with E-state index >= 15 is 0 Å². The Balaban J connectivity index is 1.29. The Labute approximate surface area is 182 Å². The zero-order valence-electron chi connectivity index (χ0n) is 17.4. The third-order valence-corrected chi connectivity index (χ3v) is 5.91. The minimum Gasteiger partial charge on any atom is -0.351 e. The summed E-state index contributed by atoms with van der Waals surface area (Å²) in [5, 5.41) is 8.41. The Hall–Kier alpha value is -3.40. The van der Waals surface area contributed by atoms with Crippen molar-refractivity contribution < 1.29 is 13.2 Å². The molecular formula is C22H22F3N7. The van der Waals surface area contributed by atoms with Crippen LogP contribution >= 0.6 is 0 Å². The van der Waals surface area contributed by atoms with Crippen LogP contribution in [0.1, 0.15) is 18.1 Å². The SMILES string of the molecule is C[C@@H]1CN(Cc2cn[nH]c2-c2c[nH]c3ncccc23)CCN1c1ccc(C(F)(F)F)cn1. The van der Waals surface area contributed by atoms with Gasteiger partial charge in [-0.05, 0) is 31.2 Å². The molecular weight excluding hydrogens is 419 g/mol. The summed E-state index contributed by atoms with van der Waals surface area (Å²) in [5.74, 6) is 0.570. The number of rotatable bonds is 4. The molecule has 0 aliphatic carbocycles. The van der Waals surface area contributed by atoms with Crippen molar-refractivity contribution in [2.24, 2.45) is 0 Å². The number of piperazine rings is 1. The van der Waals surface area contributed by atoms with E-state index in [0.717, 1.165) is 59.8 Å². The van der Waals surface area contributed by atoms with Crippen LogP contribution in [0.4, 0.5) is 19.0 Å². The summed E-state index contributed by atoms with van der Waals surface area (Å²) < 4.78 is 38.5. The molecule has 5 heterocycles. The highest BCUT2D eigenvalue weighted by Gasteiger charge is 2.32. The lowest BCUT2D eigenvalue weighted by atomic mass is 10.1. The van der Waals surface area contributed by atoms with Crippen LogP contribution in [0.25, 0.3) is 22.3 Å². The average molecular weight is 441 g/mol. The molecule has 32 heavy (non-hydrogen) atoms. The lowest BCUT2D eigenvalue weighted by Crippen LogP contribution is -2.51. The predicted molar refractivity (Wildman–Crippen MR) is 115 cm³/mol. The molecule has 2 N–H and O–H groups in total. The lowest BCUT2D eigenvalue weighted by molar-refractivity contribution is -0.137. The van der Waals surface area contributed by atoms with Gasteiger partial charge in [0.2, 0.25) is 0 Å². The number of aromatic nitrogens is 5. The third kappa shape index (κ3) is 3.81. The van der Waals surface area contributed by atoms with Crippen LogP contribution < -0.4 is 4.90 Å². The molecule has 1 atom stereocenters. The molecule has 0 bridgehead atoms. The zero-order valence-corrected chi connectivity index (χ0v) is 17.4. The quantitative estimate of drug-likeness (QED) is 0.499. The number of aromatic amines is 2. The fourth-order valence-corrected chi connectivity index (χ4v) is 4.31. The second kappa shape index (κ2) is 7.94. The van der Waals surface area contributed by atoms with Gasteiger partial charge in [0.15, 0.2) is 0 Å². The highest BCUT2D eigenvalue weighted by atomic mass is 19.4. The van der Waals surface area contributed by atoms with E-state index in [1.165, 1.54) is 6.07 Å². The van der Waals surface area contributed by atoms with E-state index in [0.29, 0.717) is 12.4 Å². The first kappa shape index (κ1) is 20.5. The fourth-order valence-electron chi connectivity index (χ4n) is 4.31. The van der Waals surface area contributed by atoms with Gasteiger partial charge in [0, 0.05) is 67.3 Å². The first-order chi connectivity index (χ1) is 15.4. The van der Waals surface area contributed by atoms with Crippen LogP contribution in [0.15, 0.2) is 49.1 Å². The molecule has 0 unspecified atom stereocenters. The van der Waals surface area contributed by atoms with Gasteiger partial charge in [0.1, 0.15) is 11.5 Å². The second-order valence-corrected chi connectivity index (χ2v) is 8.05. The van der Waals surface area contributed by atoms with E-state index in [9.17, 15) is 13.2 Å². The molecule has 1 aliphatic heterocycles. The first-order valence-electron chi connectivity index (χ1n) is 10.4. The van der Waals surface area contributed by atoms with Gasteiger partial charge in [-0.15, -0.1) is 0 Å². The topological polar surface area (TPSA) is 76.7 Å². The Morgan fingerprint density at radius 2 is 2.00 bits per heavy atom. The minimum absolute atomic E-state index is 0.112. The van der Waals surface area contributed by atoms with Crippen LogP contribution in [-0.2, 0) is 12.7 Å². The maximum Gasteiger partial charge on any atom is 0.417 e. The van der Waals surface area contributed by atoms with Crippen LogP contribution in [0, 0.1) is 0 Å². The minimum atomic E-state index is -4.38. The van der Waals surface area contributed by atoms with E-state index in [2.05, 4.69) is 41.9 Å². The largest absolute Gasteiger partial charge is 0.417 e. The summed E-state index contributed by atoms with van der Waals surface area (Å²) in [4.78, 5) is 16.0. The molecule has 0 spiro atoms. The van der Waals surface area contributed by atoms with Crippen LogP contribution in [0.5, 0.6) is 0 Å². The number of alkyl halides is 3. The molecule has 7 nitrogen and oxygen atoms in total. The fraction of sp³-hybridized carbons (Fsp3) is 0.318. The van der Waals surface area contributed by atoms with Gasteiger partial charge in [-0.2, -0.15) is 18.3 Å². The summed E-state index contributed by atoms with van der Waals surface area (Å²) >= 11 is 0. The molecule has 1 saturated heterocycles. The molecule has 1 aliphatic rings. The van der Waals surface area contributed by atoms with E-state index < -0.39 is 11.7 Å². The highest BCUT2D eigenvalue weighted by Crippen LogP contribution is 2.31. The van der Waals surface area contributed by atoms with Gasteiger partial charge < -0.3 is 9.88 Å². The lowest BCUT2D eigenvalue weighted by Gasteiger charge is -2.40. The van der Waals surface area contributed by atoms with E-state index in [-0.39, 0.29) is 6.04 Å². The molecule has 0 radical (unpaired) electrons. The summed E-state index contributed by atoms with van der Waals surface area (Å²) in [6.07, 6.45) is 2.06. The monoisotopic (exact) mass is 441 g/mol. The van der Waals surface area contributed by atoms with Crippen molar-refractivity contribution in [2.45, 2.75) is 25.7 Å². The number of hydrogen-bond acceptors (Lipinski definition) is 5. The standard InChI is InChI=1S/C22H22F3N7/c1-14-12-31(7-8-32(14)19-5-4-16(10-27-19)22(23,24)25)13-15-9-29-30-20(15)18-11-28-21-17(18)3-2-6-26-21/h2-6,9-11,14H,7-8,12-13H2,1H3,(H,26,28)(H,29,30)/t14-/m1/s1. The Morgan fingerprint density at radius 1 is 1.12 bits per heavy atom. The van der Waals surface area contributed by atoms with E-state index in [4.69, 9.17) is 0 Å². The molecule has 10 heteroatoms. The maximum atomic E-state index is 12.8. The number of H-pyrrole nitrogens is 2. The molecule has 4 aromatic rings. The van der Waals surface area contributed by atoms with Crippen LogP contribution in [-0.4, -0.2) is 55.7 Å². The van der Waals surface area contributed by atoms with Crippen molar-refractivity contribution in [2.75, 3.05) is 24.5 Å². The normalized spacial score (nSPS) is 17.9. The van der Waals surface area contributed by atoms with Crippen molar-refractivity contribution in [1.82, 2.24) is 30.0 Å². The summed E-state index contributed by atoms with van der Waals surface area (Å²) in [6, 6.07) is 6.59. The molecule has 0 saturated carbocycles. The smallest absolute Gasteiger partial charge is 0.351 e. The van der Waals surface area contributed by atoms with Crippen molar-refractivity contribution in [3.63, 3.8) is 0 Å². The zero-order chi connectivity index (χ0) is 22.3. The summed E-state index contributed by atoms with van der Waals surface area (Å²) in [7, 11) is 0. The Kier molecular flexibility index (Phi) is 5.09. The maximum absolute atomic E-state index is 12.8. The molecule has 0 aromatic carbocycles. The van der Waals surface area contributed by atoms with Gasteiger partial charge >= 0.3 is 6.18 Å². The number of pyridine rings is 2. The number of nitrogens with zero attached hydrogens (tertiary/aromatic N) is 5. The predicted octanol–water partition coefficient (Wildman–Crippen LogP) is 4.08. The first-order valence-corrected chi connectivity index (χ1v) is 10.4. The highest BCUT2D eigenvalue weighted by molar-refractivity contribution is 5.93. The van der Waals surface area contributed by atoms with Crippen molar-refractivity contribution in [3.8, 4) is 11.3 Å². The van der Waals surface area contributed by atoms with Crippen LogP contribution in [0.3, 0.4) is 0 Å². The third-order valence-electron chi connectivity index (χ3n) is 5.91. The van der Waals surface area contributed by atoms with Gasteiger partial charge in [-0.1, -0.05) is 0 Å². The molecule has 4 aromatic heterocycles. The summed E-state index contributed by atoms with van der Waals surface area (Å²) in [5.41, 5.74) is 3.18. The van der Waals surface area contributed by atoms with Gasteiger partial charge in [-0.3, -0.25) is 10.00 Å². The van der Waals surface area contributed by atoms with Crippen molar-refractivity contribution >= 4 is 16.9 Å². The van der Waals surface area contributed by atoms with Gasteiger partial charge in [0.05, 0.1) is 17.5 Å². The molecule has 5 rings (SSSR count). The molecule has 0 amide bonds. The van der Waals surface area contributed by atoms with E-state index in [1.807, 2.05) is 24.5 Å². The number of halogens is 3. The number of nitrogens with one attached hydrogen (secondary N) is 2. The van der Waals surface area contributed by atoms with Crippen molar-refractivity contribution in [3.05, 3.63) is 60.2 Å². The Morgan fingerprint density at radius 3 is 2.75 bits per heavy atom. The molecule has 1 fully saturated rings. The summed E-state index contributed by atoms with van der Waals surface area (Å²) in [6.45, 7) is 5.00. The Bertz CT molecular complexity index is 1210. The van der Waals surface area contributed by atoms with Gasteiger partial charge in [-0.25, -0.2) is 9.97 Å². The van der Waals surface area contributed by atoms with Crippen LogP contribution in [0.2, 0.25) is 0 Å². The van der Waals surface area contributed by atoms with Gasteiger partial charge in [0.25, 0.3) is 0 Å². The van der Waals surface area contributed by atoms with E-state index in [1.54, 1.807) is 6.20 Å². The number of fused-ring (bicyclic) bond motifs is 1.